The Bertz CT molecular complexity index is 444. The normalized spacial score (nSPS) is 10.4. The maximum Gasteiger partial charge on any atom is 0.223 e. The molecule has 0 aliphatic rings. The van der Waals surface area contributed by atoms with Gasteiger partial charge >= 0.3 is 0 Å². The van der Waals surface area contributed by atoms with Crippen LogP contribution in [0.1, 0.15) is 23.1 Å². The number of hydrogen-bond donors (Lipinski definition) is 1. The van der Waals surface area contributed by atoms with Crippen molar-refractivity contribution >= 4 is 5.91 Å². The van der Waals surface area contributed by atoms with Crippen molar-refractivity contribution in [2.45, 2.75) is 27.2 Å². The quantitative estimate of drug-likeness (QED) is 0.852. The number of amides is 1. The molecule has 1 amide bonds. The number of hydrogen-bond acceptors (Lipinski definition) is 3. The highest BCUT2D eigenvalue weighted by Gasteiger charge is 2.08. The zero-order valence-electron chi connectivity index (χ0n) is 12.3. The SMILES string of the molecule is Cc1cc(C)c(OCCN(C)C(=O)CCN)cc1C. The van der Waals surface area contributed by atoms with Gasteiger partial charge in [0.2, 0.25) is 5.91 Å². The molecule has 0 aliphatic carbocycles. The van der Waals surface area contributed by atoms with Crippen molar-refractivity contribution in [2.75, 3.05) is 26.7 Å². The van der Waals surface area contributed by atoms with Crippen molar-refractivity contribution in [3.05, 3.63) is 28.8 Å². The number of nitrogens with two attached hydrogens (primary N) is 1. The molecule has 0 spiro atoms. The van der Waals surface area contributed by atoms with E-state index in [0.717, 1.165) is 11.3 Å². The summed E-state index contributed by atoms with van der Waals surface area (Å²) in [5.41, 5.74) is 8.96. The first kappa shape index (κ1) is 15.5. The summed E-state index contributed by atoms with van der Waals surface area (Å²) in [5.74, 6) is 0.950. The molecule has 4 nitrogen and oxygen atoms in total. The van der Waals surface area contributed by atoms with Crippen LogP contribution >= 0.6 is 0 Å². The van der Waals surface area contributed by atoms with E-state index in [0.29, 0.717) is 26.1 Å². The molecule has 1 aromatic carbocycles. The predicted molar refractivity (Wildman–Crippen MR) is 77.5 cm³/mol. The number of ether oxygens (including phenoxy) is 1. The second-order valence-corrected chi connectivity index (χ2v) is 4.90. The summed E-state index contributed by atoms with van der Waals surface area (Å²) in [4.78, 5) is 13.2. The van der Waals surface area contributed by atoms with Crippen LogP contribution in [-0.4, -0.2) is 37.6 Å². The molecule has 106 valence electrons. The Labute approximate surface area is 115 Å². The fourth-order valence-electron chi connectivity index (χ4n) is 1.82. The van der Waals surface area contributed by atoms with Gasteiger partial charge in [-0.3, -0.25) is 4.79 Å². The molecule has 0 atom stereocenters. The van der Waals surface area contributed by atoms with Gasteiger partial charge in [-0.1, -0.05) is 6.07 Å². The van der Waals surface area contributed by atoms with Crippen LogP contribution in [0.2, 0.25) is 0 Å². The number of rotatable bonds is 6. The molecule has 19 heavy (non-hydrogen) atoms. The fraction of sp³-hybridized carbons (Fsp3) is 0.533. The lowest BCUT2D eigenvalue weighted by molar-refractivity contribution is -0.130. The van der Waals surface area contributed by atoms with Gasteiger partial charge in [0, 0.05) is 20.0 Å². The van der Waals surface area contributed by atoms with Crippen LogP contribution in [0.25, 0.3) is 0 Å². The number of carbonyl (C=O) groups is 1. The van der Waals surface area contributed by atoms with E-state index >= 15 is 0 Å². The molecule has 0 aromatic heterocycles. The van der Waals surface area contributed by atoms with Crippen LogP contribution in [0.15, 0.2) is 12.1 Å². The highest BCUT2D eigenvalue weighted by Crippen LogP contribution is 2.22. The van der Waals surface area contributed by atoms with Crippen molar-refractivity contribution < 1.29 is 9.53 Å². The van der Waals surface area contributed by atoms with Gasteiger partial charge in [0.15, 0.2) is 0 Å². The van der Waals surface area contributed by atoms with Crippen LogP contribution in [0.5, 0.6) is 5.75 Å². The monoisotopic (exact) mass is 264 g/mol. The van der Waals surface area contributed by atoms with E-state index in [1.165, 1.54) is 11.1 Å². The fourth-order valence-corrected chi connectivity index (χ4v) is 1.82. The van der Waals surface area contributed by atoms with E-state index in [2.05, 4.69) is 19.9 Å². The van der Waals surface area contributed by atoms with Crippen molar-refractivity contribution in [1.82, 2.24) is 4.90 Å². The lowest BCUT2D eigenvalue weighted by Gasteiger charge is -2.18. The smallest absolute Gasteiger partial charge is 0.223 e. The van der Waals surface area contributed by atoms with Crippen molar-refractivity contribution in [1.29, 1.82) is 0 Å². The summed E-state index contributed by atoms with van der Waals surface area (Å²) in [6, 6.07) is 4.17. The predicted octanol–water partition coefficient (Wildman–Crippen LogP) is 1.80. The zero-order chi connectivity index (χ0) is 14.4. The highest BCUT2D eigenvalue weighted by molar-refractivity contribution is 5.75. The highest BCUT2D eigenvalue weighted by atomic mass is 16.5. The third-order valence-corrected chi connectivity index (χ3v) is 3.26. The van der Waals surface area contributed by atoms with Gasteiger partial charge < -0.3 is 15.4 Å². The van der Waals surface area contributed by atoms with Crippen LogP contribution in [0.4, 0.5) is 0 Å². The number of benzene rings is 1. The number of likely N-dealkylation sites (N-methyl/N-ethyl adjacent to an activating group) is 1. The largest absolute Gasteiger partial charge is 0.491 e. The molecular formula is C15H24N2O2. The van der Waals surface area contributed by atoms with E-state index in [1.54, 1.807) is 11.9 Å². The second kappa shape index (κ2) is 7.14. The summed E-state index contributed by atoms with van der Waals surface area (Å²) in [6.45, 7) is 7.65. The molecule has 0 bridgehead atoms. The molecule has 0 fully saturated rings. The Morgan fingerprint density at radius 1 is 1.21 bits per heavy atom. The first-order chi connectivity index (χ1) is 8.95. The third kappa shape index (κ3) is 4.56. The molecule has 1 rings (SSSR count). The summed E-state index contributed by atoms with van der Waals surface area (Å²) in [7, 11) is 1.77. The molecule has 0 saturated carbocycles. The van der Waals surface area contributed by atoms with Crippen molar-refractivity contribution in [3.63, 3.8) is 0 Å². The Morgan fingerprint density at radius 2 is 1.84 bits per heavy atom. The van der Waals surface area contributed by atoms with Gasteiger partial charge in [-0.25, -0.2) is 0 Å². The molecule has 0 heterocycles. The average Bonchev–Trinajstić information content (AvgIpc) is 2.35. The van der Waals surface area contributed by atoms with E-state index < -0.39 is 0 Å². The molecule has 2 N–H and O–H groups in total. The van der Waals surface area contributed by atoms with Crippen LogP contribution in [-0.2, 0) is 4.79 Å². The van der Waals surface area contributed by atoms with Crippen molar-refractivity contribution in [3.8, 4) is 5.75 Å². The van der Waals surface area contributed by atoms with Gasteiger partial charge in [0.05, 0.1) is 6.54 Å². The average molecular weight is 264 g/mol. The molecule has 0 radical (unpaired) electrons. The van der Waals surface area contributed by atoms with E-state index in [4.69, 9.17) is 10.5 Å². The first-order valence-corrected chi connectivity index (χ1v) is 6.60. The minimum absolute atomic E-state index is 0.0582. The van der Waals surface area contributed by atoms with E-state index in [9.17, 15) is 4.79 Å². The molecule has 1 aromatic rings. The van der Waals surface area contributed by atoms with Gasteiger partial charge in [0.1, 0.15) is 12.4 Å². The van der Waals surface area contributed by atoms with Crippen molar-refractivity contribution in [2.24, 2.45) is 5.73 Å². The second-order valence-electron chi connectivity index (χ2n) is 4.90. The minimum atomic E-state index is 0.0582. The zero-order valence-corrected chi connectivity index (χ0v) is 12.3. The van der Waals surface area contributed by atoms with E-state index in [1.807, 2.05) is 13.0 Å². The summed E-state index contributed by atoms with van der Waals surface area (Å²) in [6.07, 6.45) is 0.388. The van der Waals surface area contributed by atoms with Crippen LogP contribution in [0, 0.1) is 20.8 Å². The summed E-state index contributed by atoms with van der Waals surface area (Å²) >= 11 is 0. The molecule has 4 heteroatoms. The maximum absolute atomic E-state index is 11.5. The topological polar surface area (TPSA) is 55.6 Å². The van der Waals surface area contributed by atoms with Gasteiger partial charge in [-0.15, -0.1) is 0 Å². The number of aryl methyl sites for hydroxylation is 3. The standard InChI is InChI=1S/C15H24N2O2/c1-11-9-13(3)14(10-12(11)2)19-8-7-17(4)15(18)5-6-16/h9-10H,5-8,16H2,1-4H3. The Balaban J connectivity index is 2.49. The van der Waals surface area contributed by atoms with Gasteiger partial charge in [0.25, 0.3) is 0 Å². The number of carbonyl (C=O) groups excluding carboxylic acids is 1. The molecule has 0 unspecified atom stereocenters. The lowest BCUT2D eigenvalue weighted by atomic mass is 10.1. The van der Waals surface area contributed by atoms with Gasteiger partial charge in [-0.05, 0) is 43.5 Å². The summed E-state index contributed by atoms with van der Waals surface area (Å²) < 4.78 is 5.75. The van der Waals surface area contributed by atoms with E-state index in [-0.39, 0.29) is 5.91 Å². The van der Waals surface area contributed by atoms with Crippen LogP contribution < -0.4 is 10.5 Å². The van der Waals surface area contributed by atoms with Crippen LogP contribution in [0.3, 0.4) is 0 Å². The summed E-state index contributed by atoms with van der Waals surface area (Å²) in [5, 5.41) is 0. The maximum atomic E-state index is 11.5. The lowest BCUT2D eigenvalue weighted by Crippen LogP contribution is -2.32. The molecular weight excluding hydrogens is 240 g/mol. The Morgan fingerprint density at radius 3 is 2.47 bits per heavy atom. The first-order valence-electron chi connectivity index (χ1n) is 6.60. The Kier molecular flexibility index (Phi) is 5.83. The molecule has 0 saturated heterocycles. The molecule has 0 aliphatic heterocycles. The van der Waals surface area contributed by atoms with Gasteiger partial charge in [-0.2, -0.15) is 0 Å². The Hall–Kier alpha value is -1.55. The minimum Gasteiger partial charge on any atom is -0.491 e. The number of nitrogens with zero attached hydrogens (tertiary/aromatic N) is 1. The third-order valence-electron chi connectivity index (χ3n) is 3.26.